The van der Waals surface area contributed by atoms with E-state index in [1.165, 1.54) is 0 Å². The highest BCUT2D eigenvalue weighted by molar-refractivity contribution is 5.96. The average molecular weight is 476 g/mol. The molecule has 0 N–H and O–H groups in total. The second-order valence-electron chi connectivity index (χ2n) is 8.88. The molecule has 0 saturated heterocycles. The third kappa shape index (κ3) is 4.62. The van der Waals surface area contributed by atoms with Gasteiger partial charge in [0.05, 0.1) is 5.52 Å². The molecule has 0 atom stereocenters. The molecule has 0 unspecified atom stereocenters. The molecule has 2 aromatic heterocycles. The molecule has 5 rings (SSSR count). The van der Waals surface area contributed by atoms with Crippen LogP contribution in [0.4, 0.5) is 5.82 Å². The minimum absolute atomic E-state index is 0.0992. The standard InChI is InChI=1S/C30H29N5O/c1-4-35(5-2)29-26-16-24(13-14-27(26)32-20-33-29)22-12-8-9-21(15-22)19-34(3)30(36)28-17-23-10-6-7-11-25(23)18-31-28/h6-18,20H,4-5,19H2,1-3H3. The number of carbonyl (C=O) groups is 1. The minimum atomic E-state index is -0.0992. The first-order chi connectivity index (χ1) is 17.6. The molecule has 6 heteroatoms. The van der Waals surface area contributed by atoms with Crippen molar-refractivity contribution in [3.8, 4) is 11.1 Å². The largest absolute Gasteiger partial charge is 0.357 e. The Morgan fingerprint density at radius 1 is 0.806 bits per heavy atom. The third-order valence-corrected chi connectivity index (χ3v) is 6.55. The summed E-state index contributed by atoms with van der Waals surface area (Å²) in [6, 6.07) is 24.4. The maximum Gasteiger partial charge on any atom is 0.272 e. The molecule has 2 heterocycles. The number of pyridine rings is 1. The molecule has 0 bridgehead atoms. The van der Waals surface area contributed by atoms with Crippen LogP contribution in [0.1, 0.15) is 29.9 Å². The van der Waals surface area contributed by atoms with Crippen LogP contribution >= 0.6 is 0 Å². The number of anilines is 1. The fourth-order valence-electron chi connectivity index (χ4n) is 4.59. The van der Waals surface area contributed by atoms with Gasteiger partial charge in [0, 0.05) is 43.7 Å². The molecule has 0 radical (unpaired) electrons. The van der Waals surface area contributed by atoms with E-state index in [9.17, 15) is 4.79 Å². The van der Waals surface area contributed by atoms with Gasteiger partial charge in [0.25, 0.3) is 5.91 Å². The van der Waals surface area contributed by atoms with Crippen molar-refractivity contribution >= 4 is 33.4 Å². The number of carbonyl (C=O) groups excluding carboxylic acids is 1. The molecule has 0 aliphatic rings. The monoisotopic (exact) mass is 475 g/mol. The number of aromatic nitrogens is 3. The van der Waals surface area contributed by atoms with Crippen LogP contribution in [0.5, 0.6) is 0 Å². The van der Waals surface area contributed by atoms with E-state index < -0.39 is 0 Å². The van der Waals surface area contributed by atoms with Crippen molar-refractivity contribution < 1.29 is 4.79 Å². The van der Waals surface area contributed by atoms with Crippen LogP contribution in [0.15, 0.2) is 85.3 Å². The average Bonchev–Trinajstić information content (AvgIpc) is 2.93. The zero-order chi connectivity index (χ0) is 25.1. The second-order valence-corrected chi connectivity index (χ2v) is 8.88. The van der Waals surface area contributed by atoms with Crippen LogP contribution in [0.3, 0.4) is 0 Å². The third-order valence-electron chi connectivity index (χ3n) is 6.55. The van der Waals surface area contributed by atoms with Crippen molar-refractivity contribution in [2.24, 2.45) is 0 Å². The Balaban J connectivity index is 1.41. The normalized spacial score (nSPS) is 11.1. The summed E-state index contributed by atoms with van der Waals surface area (Å²) in [4.78, 5) is 30.5. The van der Waals surface area contributed by atoms with Gasteiger partial charge in [-0.05, 0) is 60.2 Å². The zero-order valence-corrected chi connectivity index (χ0v) is 20.8. The second kappa shape index (κ2) is 10.1. The Bertz CT molecular complexity index is 1540. The minimum Gasteiger partial charge on any atom is -0.357 e. The van der Waals surface area contributed by atoms with Crippen LogP contribution in [0.25, 0.3) is 32.8 Å². The van der Waals surface area contributed by atoms with Crippen molar-refractivity contribution in [3.05, 3.63) is 96.6 Å². The van der Waals surface area contributed by atoms with Crippen molar-refractivity contribution in [1.29, 1.82) is 0 Å². The van der Waals surface area contributed by atoms with Crippen LogP contribution in [0.2, 0.25) is 0 Å². The van der Waals surface area contributed by atoms with Gasteiger partial charge in [-0.25, -0.2) is 9.97 Å². The lowest BCUT2D eigenvalue weighted by Gasteiger charge is -2.21. The lowest BCUT2D eigenvalue weighted by atomic mass is 10.0. The smallest absolute Gasteiger partial charge is 0.272 e. The fraction of sp³-hybridized carbons (Fsp3) is 0.200. The molecule has 0 spiro atoms. The van der Waals surface area contributed by atoms with Gasteiger partial charge < -0.3 is 9.80 Å². The molecule has 6 nitrogen and oxygen atoms in total. The Morgan fingerprint density at radius 3 is 2.39 bits per heavy atom. The number of rotatable bonds is 7. The number of hydrogen-bond donors (Lipinski definition) is 0. The van der Waals surface area contributed by atoms with Gasteiger partial charge in [0.1, 0.15) is 17.8 Å². The van der Waals surface area contributed by atoms with Gasteiger partial charge in [-0.3, -0.25) is 9.78 Å². The molecular weight excluding hydrogens is 446 g/mol. The number of nitrogens with zero attached hydrogens (tertiary/aromatic N) is 5. The first-order valence-electron chi connectivity index (χ1n) is 12.3. The summed E-state index contributed by atoms with van der Waals surface area (Å²) in [5.41, 5.74) is 4.62. The molecule has 1 amide bonds. The van der Waals surface area contributed by atoms with E-state index in [4.69, 9.17) is 0 Å². The summed E-state index contributed by atoms with van der Waals surface area (Å²) in [6.07, 6.45) is 3.39. The molecule has 0 saturated carbocycles. The summed E-state index contributed by atoms with van der Waals surface area (Å²) in [5.74, 6) is 0.856. The molecule has 36 heavy (non-hydrogen) atoms. The lowest BCUT2D eigenvalue weighted by molar-refractivity contribution is 0.0779. The van der Waals surface area contributed by atoms with Gasteiger partial charge >= 0.3 is 0 Å². The summed E-state index contributed by atoms with van der Waals surface area (Å²) in [6.45, 7) is 6.53. The van der Waals surface area contributed by atoms with Crippen molar-refractivity contribution in [2.45, 2.75) is 20.4 Å². The highest BCUT2D eigenvalue weighted by Crippen LogP contribution is 2.29. The molecular formula is C30H29N5O. The Labute approximate surface area is 211 Å². The molecule has 0 aliphatic carbocycles. The summed E-state index contributed by atoms with van der Waals surface area (Å²) in [5, 5.41) is 3.07. The Morgan fingerprint density at radius 2 is 1.58 bits per heavy atom. The predicted molar refractivity (Wildman–Crippen MR) is 146 cm³/mol. The first kappa shape index (κ1) is 23.4. The SMILES string of the molecule is CCN(CC)c1ncnc2ccc(-c3cccc(CN(C)C(=O)c4cc5ccccc5cn4)c3)cc12. The fourth-order valence-corrected chi connectivity index (χ4v) is 4.59. The quantitative estimate of drug-likeness (QED) is 0.290. The van der Waals surface area contributed by atoms with Gasteiger partial charge in [-0.1, -0.05) is 48.5 Å². The summed E-state index contributed by atoms with van der Waals surface area (Å²) < 4.78 is 0. The number of hydrogen-bond acceptors (Lipinski definition) is 5. The highest BCUT2D eigenvalue weighted by atomic mass is 16.2. The summed E-state index contributed by atoms with van der Waals surface area (Å²) >= 11 is 0. The molecule has 180 valence electrons. The van der Waals surface area contributed by atoms with Crippen LogP contribution in [-0.4, -0.2) is 45.9 Å². The van der Waals surface area contributed by atoms with E-state index in [0.29, 0.717) is 12.2 Å². The first-order valence-corrected chi connectivity index (χ1v) is 12.3. The van der Waals surface area contributed by atoms with E-state index in [2.05, 4.69) is 58.0 Å². The van der Waals surface area contributed by atoms with E-state index in [1.54, 1.807) is 17.4 Å². The Hall–Kier alpha value is -4.32. The number of amides is 1. The van der Waals surface area contributed by atoms with Crippen molar-refractivity contribution in [3.63, 3.8) is 0 Å². The highest BCUT2D eigenvalue weighted by Gasteiger charge is 2.15. The van der Waals surface area contributed by atoms with Crippen LogP contribution < -0.4 is 4.90 Å². The van der Waals surface area contributed by atoms with Crippen LogP contribution in [-0.2, 0) is 6.54 Å². The van der Waals surface area contributed by atoms with Gasteiger partial charge in [0.2, 0.25) is 0 Å². The molecule has 5 aromatic rings. The molecule has 0 aliphatic heterocycles. The van der Waals surface area contributed by atoms with E-state index in [-0.39, 0.29) is 5.91 Å². The van der Waals surface area contributed by atoms with Crippen LogP contribution in [0, 0.1) is 0 Å². The maximum atomic E-state index is 13.1. The van der Waals surface area contributed by atoms with Gasteiger partial charge in [-0.2, -0.15) is 0 Å². The topological polar surface area (TPSA) is 62.2 Å². The van der Waals surface area contributed by atoms with E-state index in [0.717, 1.165) is 57.3 Å². The zero-order valence-electron chi connectivity index (χ0n) is 20.8. The van der Waals surface area contributed by atoms with Crippen molar-refractivity contribution in [1.82, 2.24) is 19.9 Å². The van der Waals surface area contributed by atoms with Gasteiger partial charge in [0.15, 0.2) is 0 Å². The van der Waals surface area contributed by atoms with Crippen molar-refractivity contribution in [2.75, 3.05) is 25.0 Å². The predicted octanol–water partition coefficient (Wildman–Crippen LogP) is 5.96. The lowest BCUT2D eigenvalue weighted by Crippen LogP contribution is -2.27. The van der Waals surface area contributed by atoms with Gasteiger partial charge in [-0.15, -0.1) is 0 Å². The molecule has 0 fully saturated rings. The number of benzene rings is 3. The number of fused-ring (bicyclic) bond motifs is 2. The van der Waals surface area contributed by atoms with E-state index in [1.807, 2.05) is 55.6 Å². The van der Waals surface area contributed by atoms with E-state index >= 15 is 0 Å². The summed E-state index contributed by atoms with van der Waals surface area (Å²) in [7, 11) is 1.82. The maximum absolute atomic E-state index is 13.1. The Kier molecular flexibility index (Phi) is 6.58. The molecule has 3 aromatic carbocycles.